The molecule has 0 atom stereocenters. The molecule has 0 aromatic rings. The minimum atomic E-state index is 0.392. The Morgan fingerprint density at radius 1 is 1.25 bits per heavy atom. The highest BCUT2D eigenvalue weighted by molar-refractivity contribution is 5.76. The molecule has 3 heteroatoms. The first-order chi connectivity index (χ1) is 7.81. The number of nitrogens with zero attached hydrogens (tertiary/aromatic N) is 1. The Labute approximate surface area is 98.6 Å². The Morgan fingerprint density at radius 3 is 2.50 bits per heavy atom. The van der Waals surface area contributed by atoms with E-state index < -0.39 is 0 Å². The fourth-order valence-corrected chi connectivity index (χ4v) is 2.67. The Kier molecular flexibility index (Phi) is 4.22. The summed E-state index contributed by atoms with van der Waals surface area (Å²) in [4.78, 5) is 14.1. The fraction of sp³-hybridized carbons (Fsp3) is 0.923. The van der Waals surface area contributed by atoms with Crippen molar-refractivity contribution in [2.45, 2.75) is 51.5 Å². The van der Waals surface area contributed by atoms with E-state index in [9.17, 15) is 4.79 Å². The Morgan fingerprint density at radius 2 is 1.94 bits per heavy atom. The molecule has 0 aromatic carbocycles. The molecule has 2 aliphatic rings. The van der Waals surface area contributed by atoms with Crippen molar-refractivity contribution in [1.82, 2.24) is 10.2 Å². The van der Waals surface area contributed by atoms with Gasteiger partial charge in [-0.1, -0.05) is 0 Å². The number of carbonyl (C=O) groups is 1. The van der Waals surface area contributed by atoms with Crippen LogP contribution in [0, 0.1) is 5.92 Å². The Balaban J connectivity index is 1.69. The standard InChI is InChI=1S/C13H24N2O/c1-2-15(12-4-5-12)13(16)6-3-11-7-9-14-10-8-11/h11-12,14H,2-10H2,1H3. The van der Waals surface area contributed by atoms with Gasteiger partial charge in [0.05, 0.1) is 0 Å². The topological polar surface area (TPSA) is 32.3 Å². The molecule has 0 unspecified atom stereocenters. The number of carbonyl (C=O) groups excluding carboxylic acids is 1. The average Bonchev–Trinajstić information content (AvgIpc) is 3.13. The number of amides is 1. The number of hydrogen-bond donors (Lipinski definition) is 1. The number of piperidine rings is 1. The predicted molar refractivity (Wildman–Crippen MR) is 65.2 cm³/mol. The summed E-state index contributed by atoms with van der Waals surface area (Å²) in [7, 11) is 0. The monoisotopic (exact) mass is 224 g/mol. The van der Waals surface area contributed by atoms with Crippen LogP contribution in [0.2, 0.25) is 0 Å². The SMILES string of the molecule is CCN(C(=O)CCC1CCNCC1)C1CC1. The summed E-state index contributed by atoms with van der Waals surface area (Å²) in [6.45, 7) is 5.27. The second-order valence-corrected chi connectivity index (χ2v) is 5.14. The molecule has 0 bridgehead atoms. The molecule has 1 saturated carbocycles. The molecular weight excluding hydrogens is 200 g/mol. The van der Waals surface area contributed by atoms with Crippen molar-refractivity contribution in [3.63, 3.8) is 0 Å². The quantitative estimate of drug-likeness (QED) is 0.772. The van der Waals surface area contributed by atoms with Gasteiger partial charge in [-0.3, -0.25) is 4.79 Å². The van der Waals surface area contributed by atoms with Gasteiger partial charge in [-0.05, 0) is 58.0 Å². The molecule has 1 aliphatic heterocycles. The van der Waals surface area contributed by atoms with Crippen LogP contribution in [0.5, 0.6) is 0 Å². The normalized spacial score (nSPS) is 22.1. The van der Waals surface area contributed by atoms with E-state index >= 15 is 0 Å². The zero-order valence-electron chi connectivity index (χ0n) is 10.4. The molecule has 3 nitrogen and oxygen atoms in total. The molecule has 0 radical (unpaired) electrons. The van der Waals surface area contributed by atoms with Gasteiger partial charge >= 0.3 is 0 Å². The number of nitrogens with one attached hydrogen (secondary N) is 1. The van der Waals surface area contributed by atoms with Gasteiger partial charge < -0.3 is 10.2 Å². The lowest BCUT2D eigenvalue weighted by atomic mass is 9.93. The summed E-state index contributed by atoms with van der Waals surface area (Å²) in [6, 6.07) is 0.588. The van der Waals surface area contributed by atoms with Gasteiger partial charge in [0.25, 0.3) is 0 Å². The molecule has 1 saturated heterocycles. The van der Waals surface area contributed by atoms with E-state index in [-0.39, 0.29) is 0 Å². The average molecular weight is 224 g/mol. The Bertz CT molecular complexity index is 232. The second-order valence-electron chi connectivity index (χ2n) is 5.14. The molecule has 0 spiro atoms. The maximum Gasteiger partial charge on any atom is 0.222 e. The van der Waals surface area contributed by atoms with Crippen molar-refractivity contribution in [2.24, 2.45) is 5.92 Å². The van der Waals surface area contributed by atoms with Crippen LogP contribution in [-0.2, 0) is 4.79 Å². The molecule has 0 aromatic heterocycles. The van der Waals surface area contributed by atoms with Gasteiger partial charge in [0.2, 0.25) is 5.91 Å². The third-order valence-corrected chi connectivity index (χ3v) is 3.87. The summed E-state index contributed by atoms with van der Waals surface area (Å²) in [5, 5.41) is 3.37. The summed E-state index contributed by atoms with van der Waals surface area (Å²) in [5.41, 5.74) is 0. The van der Waals surface area contributed by atoms with Gasteiger partial charge in [0.1, 0.15) is 0 Å². The molecule has 92 valence electrons. The molecule has 1 N–H and O–H groups in total. The van der Waals surface area contributed by atoms with Gasteiger partial charge in [-0.15, -0.1) is 0 Å². The summed E-state index contributed by atoms with van der Waals surface area (Å²) < 4.78 is 0. The Hall–Kier alpha value is -0.570. The fourth-order valence-electron chi connectivity index (χ4n) is 2.67. The third kappa shape index (κ3) is 3.21. The zero-order chi connectivity index (χ0) is 11.4. The lowest BCUT2D eigenvalue weighted by Crippen LogP contribution is -2.34. The smallest absolute Gasteiger partial charge is 0.222 e. The van der Waals surface area contributed by atoms with Crippen LogP contribution in [0.1, 0.15) is 45.4 Å². The first kappa shape index (κ1) is 11.9. The first-order valence-electron chi connectivity index (χ1n) is 6.81. The van der Waals surface area contributed by atoms with Crippen LogP contribution in [0.4, 0.5) is 0 Å². The van der Waals surface area contributed by atoms with Crippen LogP contribution < -0.4 is 5.32 Å². The van der Waals surface area contributed by atoms with Crippen LogP contribution in [0.15, 0.2) is 0 Å². The van der Waals surface area contributed by atoms with E-state index in [0.29, 0.717) is 11.9 Å². The molecule has 1 aliphatic carbocycles. The van der Waals surface area contributed by atoms with Crippen molar-refractivity contribution in [3.8, 4) is 0 Å². The van der Waals surface area contributed by atoms with Crippen molar-refractivity contribution in [3.05, 3.63) is 0 Å². The molecule has 1 amide bonds. The second kappa shape index (κ2) is 5.67. The molecular formula is C13H24N2O. The van der Waals surface area contributed by atoms with Gasteiger partial charge in [0, 0.05) is 19.0 Å². The van der Waals surface area contributed by atoms with Gasteiger partial charge in [-0.25, -0.2) is 0 Å². The third-order valence-electron chi connectivity index (χ3n) is 3.87. The minimum Gasteiger partial charge on any atom is -0.340 e. The van der Waals surface area contributed by atoms with Crippen molar-refractivity contribution in [1.29, 1.82) is 0 Å². The molecule has 1 heterocycles. The molecule has 2 fully saturated rings. The maximum atomic E-state index is 12.0. The zero-order valence-corrected chi connectivity index (χ0v) is 10.4. The number of hydrogen-bond acceptors (Lipinski definition) is 2. The van der Waals surface area contributed by atoms with Gasteiger partial charge in [0.15, 0.2) is 0 Å². The largest absolute Gasteiger partial charge is 0.340 e. The molecule has 2 rings (SSSR count). The van der Waals surface area contributed by atoms with E-state index in [1.54, 1.807) is 0 Å². The van der Waals surface area contributed by atoms with Gasteiger partial charge in [-0.2, -0.15) is 0 Å². The highest BCUT2D eigenvalue weighted by Gasteiger charge is 2.31. The van der Waals surface area contributed by atoms with Crippen LogP contribution in [-0.4, -0.2) is 36.5 Å². The number of rotatable bonds is 5. The van der Waals surface area contributed by atoms with Crippen molar-refractivity contribution >= 4 is 5.91 Å². The van der Waals surface area contributed by atoms with Crippen LogP contribution >= 0.6 is 0 Å². The van der Waals surface area contributed by atoms with Crippen molar-refractivity contribution in [2.75, 3.05) is 19.6 Å². The highest BCUT2D eigenvalue weighted by Crippen LogP contribution is 2.28. The summed E-state index contributed by atoms with van der Waals surface area (Å²) in [6.07, 6.45) is 6.84. The van der Waals surface area contributed by atoms with E-state index in [2.05, 4.69) is 17.1 Å². The van der Waals surface area contributed by atoms with E-state index in [4.69, 9.17) is 0 Å². The maximum absolute atomic E-state index is 12.0. The van der Waals surface area contributed by atoms with Crippen molar-refractivity contribution < 1.29 is 4.79 Å². The molecule has 16 heavy (non-hydrogen) atoms. The lowest BCUT2D eigenvalue weighted by Gasteiger charge is -2.24. The van der Waals surface area contributed by atoms with E-state index in [0.717, 1.165) is 38.4 Å². The van der Waals surface area contributed by atoms with E-state index in [1.807, 2.05) is 0 Å². The minimum absolute atomic E-state index is 0.392. The summed E-state index contributed by atoms with van der Waals surface area (Å²) >= 11 is 0. The predicted octanol–water partition coefficient (Wildman–Crippen LogP) is 1.78. The summed E-state index contributed by atoms with van der Waals surface area (Å²) in [5.74, 6) is 1.17. The lowest BCUT2D eigenvalue weighted by molar-refractivity contribution is -0.131. The van der Waals surface area contributed by atoms with E-state index in [1.165, 1.54) is 25.7 Å². The highest BCUT2D eigenvalue weighted by atomic mass is 16.2. The first-order valence-corrected chi connectivity index (χ1v) is 6.81. The van der Waals surface area contributed by atoms with Crippen LogP contribution in [0.3, 0.4) is 0 Å². The van der Waals surface area contributed by atoms with Crippen LogP contribution in [0.25, 0.3) is 0 Å².